The summed E-state index contributed by atoms with van der Waals surface area (Å²) in [4.78, 5) is 15.1. The highest BCUT2D eigenvalue weighted by atomic mass is 32.2. The Hall–Kier alpha value is -1.44. The first kappa shape index (κ1) is 20.9. The van der Waals surface area contributed by atoms with Crippen LogP contribution in [0.2, 0.25) is 0 Å². The highest BCUT2D eigenvalue weighted by molar-refractivity contribution is 7.88. The van der Waals surface area contributed by atoms with Gasteiger partial charge in [0.25, 0.3) is 0 Å². The largest absolute Gasteiger partial charge is 0.354 e. The van der Waals surface area contributed by atoms with Crippen molar-refractivity contribution in [1.29, 1.82) is 0 Å². The summed E-state index contributed by atoms with van der Waals surface area (Å²) in [6.07, 6.45) is 4.46. The maximum atomic E-state index is 12.7. The minimum atomic E-state index is -3.48. The number of hydrogen-bond donors (Lipinski definition) is 1. The van der Waals surface area contributed by atoms with Gasteiger partial charge in [0.2, 0.25) is 15.9 Å². The van der Waals surface area contributed by atoms with Crippen molar-refractivity contribution in [2.75, 3.05) is 39.5 Å². The van der Waals surface area contributed by atoms with E-state index in [9.17, 15) is 13.2 Å². The first-order chi connectivity index (χ1) is 12.3. The third-order valence-corrected chi connectivity index (χ3v) is 6.33. The summed E-state index contributed by atoms with van der Waals surface area (Å²) in [6, 6.07) is 8.17. The second kappa shape index (κ2) is 9.48. The summed E-state index contributed by atoms with van der Waals surface area (Å²) >= 11 is 0. The van der Waals surface area contributed by atoms with Gasteiger partial charge in [-0.25, -0.2) is 8.42 Å². The third-order valence-electron chi connectivity index (χ3n) is 5.08. The van der Waals surface area contributed by atoms with Gasteiger partial charge in [0.15, 0.2) is 0 Å². The summed E-state index contributed by atoms with van der Waals surface area (Å²) in [5.74, 6) is 0.528. The van der Waals surface area contributed by atoms with E-state index in [0.29, 0.717) is 12.1 Å². The van der Waals surface area contributed by atoms with Gasteiger partial charge >= 0.3 is 0 Å². The monoisotopic (exact) mass is 381 g/mol. The van der Waals surface area contributed by atoms with Gasteiger partial charge < -0.3 is 10.2 Å². The highest BCUT2D eigenvalue weighted by Crippen LogP contribution is 2.22. The Morgan fingerprint density at radius 3 is 2.46 bits per heavy atom. The van der Waals surface area contributed by atoms with Crippen LogP contribution in [0, 0.1) is 5.92 Å². The van der Waals surface area contributed by atoms with Crippen molar-refractivity contribution in [1.82, 2.24) is 14.5 Å². The lowest BCUT2D eigenvalue weighted by Gasteiger charge is -2.30. The fraction of sp³-hybridized carbons (Fsp3) is 0.632. The molecule has 1 heterocycles. The van der Waals surface area contributed by atoms with Crippen LogP contribution in [0.4, 0.5) is 0 Å². The summed E-state index contributed by atoms with van der Waals surface area (Å²) in [6.45, 7) is 6.05. The summed E-state index contributed by atoms with van der Waals surface area (Å²) in [5.41, 5.74) is 0.669. The van der Waals surface area contributed by atoms with Crippen LogP contribution in [-0.2, 0) is 14.8 Å². The highest BCUT2D eigenvalue weighted by Gasteiger charge is 2.30. The van der Waals surface area contributed by atoms with E-state index >= 15 is 0 Å². The Labute approximate surface area is 157 Å². The van der Waals surface area contributed by atoms with Crippen molar-refractivity contribution in [3.05, 3.63) is 35.9 Å². The van der Waals surface area contributed by atoms with E-state index in [4.69, 9.17) is 0 Å². The van der Waals surface area contributed by atoms with Crippen LogP contribution in [-0.4, -0.2) is 63.0 Å². The zero-order valence-electron chi connectivity index (χ0n) is 16.0. The van der Waals surface area contributed by atoms with E-state index in [1.807, 2.05) is 18.2 Å². The number of nitrogens with zero attached hydrogens (tertiary/aromatic N) is 2. The molecule has 0 aliphatic carbocycles. The normalized spacial score (nSPS) is 18.0. The SMILES string of the molecule is CC1CCN(CCCNC(=O)[C@@H](c2ccccc2)N(C)S(C)(=O)=O)CC1. The lowest BCUT2D eigenvalue weighted by molar-refractivity contribution is -0.124. The number of likely N-dealkylation sites (N-methyl/N-ethyl adjacent to an activating group) is 1. The molecule has 1 saturated heterocycles. The molecule has 6 nitrogen and oxygen atoms in total. The molecule has 1 aromatic carbocycles. The Morgan fingerprint density at radius 1 is 1.27 bits per heavy atom. The van der Waals surface area contributed by atoms with Crippen molar-refractivity contribution in [2.45, 2.75) is 32.2 Å². The van der Waals surface area contributed by atoms with Crippen molar-refractivity contribution < 1.29 is 13.2 Å². The molecule has 26 heavy (non-hydrogen) atoms. The van der Waals surface area contributed by atoms with Gasteiger partial charge in [-0.2, -0.15) is 4.31 Å². The molecule has 1 aliphatic heterocycles. The molecular weight excluding hydrogens is 350 g/mol. The first-order valence-electron chi connectivity index (χ1n) is 9.27. The topological polar surface area (TPSA) is 69.7 Å². The van der Waals surface area contributed by atoms with Crippen LogP contribution < -0.4 is 5.32 Å². The molecule has 1 aliphatic rings. The number of sulfonamides is 1. The first-order valence-corrected chi connectivity index (χ1v) is 11.1. The molecule has 1 aromatic rings. The van der Waals surface area contributed by atoms with Gasteiger partial charge in [-0.3, -0.25) is 4.79 Å². The fourth-order valence-electron chi connectivity index (χ4n) is 3.25. The molecular formula is C19H31N3O3S. The number of carbonyl (C=O) groups is 1. The molecule has 0 unspecified atom stereocenters. The molecule has 0 spiro atoms. The van der Waals surface area contributed by atoms with Crippen molar-refractivity contribution >= 4 is 15.9 Å². The van der Waals surface area contributed by atoms with E-state index in [-0.39, 0.29) is 5.91 Å². The molecule has 1 amide bonds. The van der Waals surface area contributed by atoms with Gasteiger partial charge in [-0.1, -0.05) is 37.3 Å². The molecule has 146 valence electrons. The second-order valence-electron chi connectivity index (χ2n) is 7.26. The number of nitrogens with one attached hydrogen (secondary N) is 1. The average molecular weight is 382 g/mol. The predicted molar refractivity (Wildman–Crippen MR) is 104 cm³/mol. The third kappa shape index (κ3) is 6.07. The van der Waals surface area contributed by atoms with E-state index in [0.717, 1.165) is 42.5 Å². The maximum absolute atomic E-state index is 12.7. The predicted octanol–water partition coefficient (Wildman–Crippen LogP) is 1.86. The van der Waals surface area contributed by atoms with E-state index in [1.165, 1.54) is 19.9 Å². The average Bonchev–Trinajstić information content (AvgIpc) is 2.60. The molecule has 7 heteroatoms. The zero-order valence-corrected chi connectivity index (χ0v) is 16.8. The van der Waals surface area contributed by atoms with Gasteiger partial charge in [0.1, 0.15) is 6.04 Å². The number of carbonyl (C=O) groups excluding carboxylic acids is 1. The van der Waals surface area contributed by atoms with Crippen LogP contribution in [0.1, 0.15) is 37.8 Å². The van der Waals surface area contributed by atoms with E-state index in [2.05, 4.69) is 17.1 Å². The molecule has 1 fully saturated rings. The van der Waals surface area contributed by atoms with E-state index in [1.54, 1.807) is 12.1 Å². The zero-order chi connectivity index (χ0) is 19.2. The van der Waals surface area contributed by atoms with Crippen molar-refractivity contribution in [3.8, 4) is 0 Å². The Bertz CT molecular complexity index is 671. The van der Waals surface area contributed by atoms with Gasteiger partial charge in [-0.15, -0.1) is 0 Å². The number of likely N-dealkylation sites (tertiary alicyclic amines) is 1. The number of rotatable bonds is 8. The number of benzene rings is 1. The lowest BCUT2D eigenvalue weighted by atomic mass is 9.99. The quantitative estimate of drug-likeness (QED) is 0.698. The Kier molecular flexibility index (Phi) is 7.61. The smallest absolute Gasteiger partial charge is 0.242 e. The standard InChI is InChI=1S/C19H31N3O3S/c1-16-10-14-22(15-11-16)13-7-12-20-19(23)18(21(2)26(3,24)25)17-8-5-4-6-9-17/h4-6,8-9,16,18H,7,10-15H2,1-3H3,(H,20,23)/t18-/m1/s1. The molecule has 1 atom stereocenters. The molecule has 0 aromatic heterocycles. The van der Waals surface area contributed by atoms with Crippen LogP contribution in [0.5, 0.6) is 0 Å². The minimum Gasteiger partial charge on any atom is -0.354 e. The Morgan fingerprint density at radius 2 is 1.88 bits per heavy atom. The molecule has 0 bridgehead atoms. The summed E-state index contributed by atoms with van der Waals surface area (Å²) in [7, 11) is -2.04. The van der Waals surface area contributed by atoms with Crippen LogP contribution in [0.15, 0.2) is 30.3 Å². The second-order valence-corrected chi connectivity index (χ2v) is 9.30. The number of amides is 1. The van der Waals surface area contributed by atoms with Crippen LogP contribution in [0.3, 0.4) is 0 Å². The maximum Gasteiger partial charge on any atom is 0.242 e. The number of hydrogen-bond acceptors (Lipinski definition) is 4. The minimum absolute atomic E-state index is 0.281. The molecule has 0 saturated carbocycles. The van der Waals surface area contributed by atoms with Crippen LogP contribution >= 0.6 is 0 Å². The number of piperidine rings is 1. The summed E-state index contributed by atoms with van der Waals surface area (Å²) in [5, 5.41) is 2.91. The van der Waals surface area contributed by atoms with Crippen LogP contribution in [0.25, 0.3) is 0 Å². The van der Waals surface area contributed by atoms with Crippen molar-refractivity contribution in [2.24, 2.45) is 5.92 Å². The van der Waals surface area contributed by atoms with Crippen molar-refractivity contribution in [3.63, 3.8) is 0 Å². The van der Waals surface area contributed by atoms with Gasteiger partial charge in [0.05, 0.1) is 6.26 Å². The summed E-state index contributed by atoms with van der Waals surface area (Å²) < 4.78 is 25.0. The fourth-order valence-corrected chi connectivity index (χ4v) is 3.85. The lowest BCUT2D eigenvalue weighted by Crippen LogP contribution is -2.42. The van der Waals surface area contributed by atoms with Gasteiger partial charge in [-0.05, 0) is 50.4 Å². The molecule has 0 radical (unpaired) electrons. The molecule has 2 rings (SSSR count). The van der Waals surface area contributed by atoms with Gasteiger partial charge in [0, 0.05) is 13.6 Å². The van der Waals surface area contributed by atoms with E-state index < -0.39 is 16.1 Å². The Balaban J connectivity index is 1.90. The molecule has 1 N–H and O–H groups in total.